The van der Waals surface area contributed by atoms with E-state index in [9.17, 15) is 22.8 Å². The number of halogens is 4. The van der Waals surface area contributed by atoms with Gasteiger partial charge in [0.25, 0.3) is 0 Å². The fraction of sp³-hybridized carbons (Fsp3) is 0.429. The van der Waals surface area contributed by atoms with Crippen LogP contribution in [-0.4, -0.2) is 5.26 Å². The summed E-state index contributed by atoms with van der Waals surface area (Å²) < 4.78 is 57.1. The highest BCUT2D eigenvalue weighted by Crippen LogP contribution is 2.38. The maximum Gasteiger partial charge on any atom is 0.149 e. The van der Waals surface area contributed by atoms with E-state index in [4.69, 9.17) is 0 Å². The van der Waals surface area contributed by atoms with Gasteiger partial charge in [-0.25, -0.2) is 22.4 Å². The Morgan fingerprint density at radius 3 is 1.89 bits per heavy atom. The number of rotatable bonds is 4. The monoisotopic (exact) mass is 382 g/mol. The first-order chi connectivity index (χ1) is 12.8. The van der Waals surface area contributed by atoms with Gasteiger partial charge in [-0.3, -0.25) is 5.26 Å². The molecule has 1 N–H and O–H groups in total. The molecule has 0 spiro atoms. The standard InChI is InChI=1S/C21H22F4O2/c1-11-3-5-13(6-4-11)14-7-18(24)20(19(25)8-14)21(27-26)15-9-16(22)12(2)17(23)10-15/h7-11,13,21,26H,3-6H2,1-2H3. The molecule has 1 fully saturated rings. The Morgan fingerprint density at radius 2 is 1.41 bits per heavy atom. The Hall–Kier alpha value is -1.92. The van der Waals surface area contributed by atoms with Crippen LogP contribution in [0.3, 0.4) is 0 Å². The van der Waals surface area contributed by atoms with Crippen LogP contribution in [-0.2, 0) is 4.89 Å². The van der Waals surface area contributed by atoms with Crippen LogP contribution in [0.15, 0.2) is 24.3 Å². The van der Waals surface area contributed by atoms with Gasteiger partial charge in [-0.15, -0.1) is 0 Å². The molecule has 2 aromatic carbocycles. The van der Waals surface area contributed by atoms with Crippen molar-refractivity contribution in [2.75, 3.05) is 0 Å². The lowest BCUT2D eigenvalue weighted by molar-refractivity contribution is -0.271. The predicted octanol–water partition coefficient (Wildman–Crippen LogP) is 6.42. The van der Waals surface area contributed by atoms with Crippen LogP contribution in [0.5, 0.6) is 0 Å². The normalized spacial score (nSPS) is 21.3. The molecule has 3 rings (SSSR count). The highest BCUT2D eigenvalue weighted by Gasteiger charge is 2.28. The van der Waals surface area contributed by atoms with E-state index in [0.29, 0.717) is 11.5 Å². The van der Waals surface area contributed by atoms with E-state index in [1.165, 1.54) is 19.1 Å². The van der Waals surface area contributed by atoms with E-state index in [2.05, 4.69) is 11.8 Å². The van der Waals surface area contributed by atoms with Gasteiger partial charge in [0.05, 0.1) is 5.56 Å². The van der Waals surface area contributed by atoms with E-state index in [1.807, 2.05) is 0 Å². The van der Waals surface area contributed by atoms with Gasteiger partial charge in [0, 0.05) is 5.56 Å². The van der Waals surface area contributed by atoms with Gasteiger partial charge < -0.3 is 0 Å². The van der Waals surface area contributed by atoms with Crippen molar-refractivity contribution in [2.45, 2.75) is 51.6 Å². The second kappa shape index (κ2) is 7.98. The molecule has 27 heavy (non-hydrogen) atoms. The molecule has 0 bridgehead atoms. The summed E-state index contributed by atoms with van der Waals surface area (Å²) >= 11 is 0. The van der Waals surface area contributed by atoms with Crippen LogP contribution in [0.1, 0.15) is 66.9 Å². The van der Waals surface area contributed by atoms with Gasteiger partial charge >= 0.3 is 0 Å². The first-order valence-electron chi connectivity index (χ1n) is 9.06. The molecule has 1 aliphatic carbocycles. The van der Waals surface area contributed by atoms with Crippen molar-refractivity contribution in [3.05, 3.63) is 69.8 Å². The summed E-state index contributed by atoms with van der Waals surface area (Å²) in [6.07, 6.45) is 2.04. The zero-order chi connectivity index (χ0) is 19.7. The van der Waals surface area contributed by atoms with Crippen LogP contribution in [0.25, 0.3) is 0 Å². The average Bonchev–Trinajstić information content (AvgIpc) is 2.62. The van der Waals surface area contributed by atoms with Crippen molar-refractivity contribution < 1.29 is 27.7 Å². The Labute approximate surface area is 155 Å². The maximum absolute atomic E-state index is 14.7. The molecular formula is C21H22F4O2. The van der Waals surface area contributed by atoms with Gasteiger partial charge in [0.1, 0.15) is 29.4 Å². The topological polar surface area (TPSA) is 29.5 Å². The Morgan fingerprint density at radius 1 is 0.889 bits per heavy atom. The molecule has 0 aromatic heterocycles. The fourth-order valence-corrected chi connectivity index (χ4v) is 3.78. The second-order valence-electron chi connectivity index (χ2n) is 7.45. The molecule has 0 saturated heterocycles. The van der Waals surface area contributed by atoms with Crippen LogP contribution < -0.4 is 0 Å². The second-order valence-corrected chi connectivity index (χ2v) is 7.45. The van der Waals surface area contributed by atoms with Crippen molar-refractivity contribution in [1.29, 1.82) is 0 Å². The Bertz CT molecular complexity index is 783. The number of benzene rings is 2. The van der Waals surface area contributed by atoms with E-state index in [-0.39, 0.29) is 17.0 Å². The summed E-state index contributed by atoms with van der Waals surface area (Å²) in [4.78, 5) is 4.22. The van der Waals surface area contributed by atoms with Gasteiger partial charge in [0.2, 0.25) is 0 Å². The minimum Gasteiger partial charge on any atom is -0.251 e. The largest absolute Gasteiger partial charge is 0.251 e. The van der Waals surface area contributed by atoms with E-state index in [0.717, 1.165) is 37.8 Å². The van der Waals surface area contributed by atoms with Crippen LogP contribution in [0, 0.1) is 36.1 Å². The molecule has 2 aromatic rings. The molecule has 2 nitrogen and oxygen atoms in total. The highest BCUT2D eigenvalue weighted by molar-refractivity contribution is 5.37. The third-order valence-electron chi connectivity index (χ3n) is 5.56. The van der Waals surface area contributed by atoms with Crippen molar-refractivity contribution in [2.24, 2.45) is 5.92 Å². The Kier molecular flexibility index (Phi) is 5.86. The average molecular weight is 382 g/mol. The molecule has 0 aliphatic heterocycles. The lowest BCUT2D eigenvalue weighted by Crippen LogP contribution is -2.14. The molecule has 146 valence electrons. The van der Waals surface area contributed by atoms with E-state index < -0.39 is 34.9 Å². The lowest BCUT2D eigenvalue weighted by Gasteiger charge is -2.27. The maximum atomic E-state index is 14.7. The van der Waals surface area contributed by atoms with Crippen molar-refractivity contribution in [3.8, 4) is 0 Å². The summed E-state index contributed by atoms with van der Waals surface area (Å²) in [6.45, 7) is 3.40. The Balaban J connectivity index is 1.98. The van der Waals surface area contributed by atoms with Gasteiger partial charge in [-0.05, 0) is 67.0 Å². The minimum absolute atomic E-state index is 0.0713. The van der Waals surface area contributed by atoms with Crippen molar-refractivity contribution in [1.82, 2.24) is 0 Å². The van der Waals surface area contributed by atoms with Gasteiger partial charge in [0.15, 0.2) is 0 Å². The van der Waals surface area contributed by atoms with Gasteiger partial charge in [-0.2, -0.15) is 0 Å². The molecular weight excluding hydrogens is 360 g/mol. The van der Waals surface area contributed by atoms with Crippen LogP contribution in [0.2, 0.25) is 0 Å². The summed E-state index contributed by atoms with van der Waals surface area (Å²) in [5, 5.41) is 9.20. The molecule has 1 saturated carbocycles. The smallest absolute Gasteiger partial charge is 0.149 e. The fourth-order valence-electron chi connectivity index (χ4n) is 3.78. The molecule has 1 unspecified atom stereocenters. The SMILES string of the molecule is Cc1c(F)cc(C(OO)c2c(F)cc(C3CCC(C)CC3)cc2F)cc1F. The third kappa shape index (κ3) is 4.01. The zero-order valence-electron chi connectivity index (χ0n) is 15.2. The minimum atomic E-state index is -1.67. The third-order valence-corrected chi connectivity index (χ3v) is 5.56. The lowest BCUT2D eigenvalue weighted by atomic mass is 9.79. The number of hydrogen-bond donors (Lipinski definition) is 1. The summed E-state index contributed by atoms with van der Waals surface area (Å²) in [6, 6.07) is 4.25. The van der Waals surface area contributed by atoms with E-state index >= 15 is 0 Å². The zero-order valence-corrected chi connectivity index (χ0v) is 15.2. The predicted molar refractivity (Wildman–Crippen MR) is 93.4 cm³/mol. The van der Waals surface area contributed by atoms with Crippen molar-refractivity contribution >= 4 is 0 Å². The van der Waals surface area contributed by atoms with Gasteiger partial charge in [-0.1, -0.05) is 19.8 Å². The first-order valence-corrected chi connectivity index (χ1v) is 9.06. The summed E-state index contributed by atoms with van der Waals surface area (Å²) in [5.74, 6) is -2.93. The highest BCUT2D eigenvalue weighted by atomic mass is 19.1. The van der Waals surface area contributed by atoms with Crippen molar-refractivity contribution in [3.63, 3.8) is 0 Å². The molecule has 0 heterocycles. The van der Waals surface area contributed by atoms with Crippen LogP contribution in [0.4, 0.5) is 17.6 Å². The van der Waals surface area contributed by atoms with E-state index in [1.54, 1.807) is 0 Å². The molecule has 0 amide bonds. The summed E-state index contributed by atoms with van der Waals surface area (Å²) in [5.41, 5.74) is -0.458. The first kappa shape index (κ1) is 19.8. The quantitative estimate of drug-likeness (QED) is 0.375. The molecule has 1 atom stereocenters. The number of hydrogen-bond acceptors (Lipinski definition) is 2. The molecule has 1 aliphatic rings. The molecule has 6 heteroatoms. The molecule has 0 radical (unpaired) electrons. The summed E-state index contributed by atoms with van der Waals surface area (Å²) in [7, 11) is 0. The van der Waals surface area contributed by atoms with Crippen LogP contribution >= 0.6 is 0 Å².